The molecule has 160 valence electrons. The van der Waals surface area contributed by atoms with Crippen molar-refractivity contribution < 1.29 is 9.59 Å². The fourth-order valence-corrected chi connectivity index (χ4v) is 4.09. The number of thioether (sulfide) groups is 1. The number of aromatic nitrogens is 2. The molecule has 8 heteroatoms. The number of hydrogen-bond donors (Lipinski definition) is 2. The first kappa shape index (κ1) is 22.3. The molecule has 1 heterocycles. The molecule has 0 spiro atoms. The Morgan fingerprint density at radius 3 is 2.48 bits per heavy atom. The lowest BCUT2D eigenvalue weighted by Gasteiger charge is -2.19. The second kappa shape index (κ2) is 9.61. The van der Waals surface area contributed by atoms with Gasteiger partial charge >= 0.3 is 0 Å². The number of ketones is 1. The quantitative estimate of drug-likeness (QED) is 0.331. The molecule has 31 heavy (non-hydrogen) atoms. The first-order chi connectivity index (χ1) is 14.8. The Kier molecular flexibility index (Phi) is 6.91. The van der Waals surface area contributed by atoms with Gasteiger partial charge in [0.1, 0.15) is 5.82 Å². The molecule has 1 amide bonds. The van der Waals surface area contributed by atoms with E-state index < -0.39 is 10.8 Å². The number of carbonyl (C=O) groups is 2. The maximum absolute atomic E-state index is 12.9. The first-order valence-corrected chi connectivity index (χ1v) is 10.7. The SMILES string of the molecule is CCC(Sc1nc(=O)cc(N)n1-c1cccc(C)c1)C(=O)Nc1ccc(C(C)=O)cc1. The zero-order valence-electron chi connectivity index (χ0n) is 17.6. The molecule has 7 nitrogen and oxygen atoms in total. The van der Waals surface area contributed by atoms with Crippen LogP contribution in [0.1, 0.15) is 36.2 Å². The Morgan fingerprint density at radius 1 is 1.16 bits per heavy atom. The molecule has 0 radical (unpaired) electrons. The van der Waals surface area contributed by atoms with Gasteiger partial charge in [0.25, 0.3) is 5.56 Å². The lowest BCUT2D eigenvalue weighted by molar-refractivity contribution is -0.115. The average Bonchev–Trinajstić information content (AvgIpc) is 2.71. The zero-order chi connectivity index (χ0) is 22.5. The molecular weight excluding hydrogens is 412 g/mol. The van der Waals surface area contributed by atoms with E-state index in [1.54, 1.807) is 28.8 Å². The van der Waals surface area contributed by atoms with E-state index in [9.17, 15) is 14.4 Å². The minimum Gasteiger partial charge on any atom is -0.385 e. The number of amides is 1. The summed E-state index contributed by atoms with van der Waals surface area (Å²) in [5.41, 5.74) is 8.64. The van der Waals surface area contributed by atoms with Gasteiger partial charge in [-0.2, -0.15) is 4.98 Å². The van der Waals surface area contributed by atoms with E-state index >= 15 is 0 Å². The normalized spacial score (nSPS) is 11.7. The molecule has 3 aromatic rings. The van der Waals surface area contributed by atoms with Crippen molar-refractivity contribution in [1.82, 2.24) is 9.55 Å². The number of nitrogens with one attached hydrogen (secondary N) is 1. The van der Waals surface area contributed by atoms with Gasteiger partial charge in [0, 0.05) is 23.0 Å². The lowest BCUT2D eigenvalue weighted by Crippen LogP contribution is -2.26. The fraction of sp³-hybridized carbons (Fsp3) is 0.217. The van der Waals surface area contributed by atoms with Gasteiger partial charge in [0.05, 0.1) is 5.25 Å². The molecule has 2 aromatic carbocycles. The largest absolute Gasteiger partial charge is 0.385 e. The van der Waals surface area contributed by atoms with Crippen LogP contribution in [0, 0.1) is 6.92 Å². The van der Waals surface area contributed by atoms with Crippen molar-refractivity contribution in [3.8, 4) is 5.69 Å². The summed E-state index contributed by atoms with van der Waals surface area (Å²) in [6.07, 6.45) is 0.514. The number of benzene rings is 2. The standard InChI is InChI=1S/C23H24N4O3S/c1-4-19(22(30)25-17-10-8-16(9-11-17)15(3)28)31-23-26-21(29)13-20(24)27(23)18-7-5-6-14(2)12-18/h5-13,19H,4,24H2,1-3H3,(H,25,30). The number of nitrogen functional groups attached to an aromatic ring is 1. The molecule has 3 N–H and O–H groups in total. The van der Waals surface area contributed by atoms with E-state index in [1.165, 1.54) is 24.8 Å². The predicted octanol–water partition coefficient (Wildman–Crippen LogP) is 3.84. The van der Waals surface area contributed by atoms with E-state index in [-0.39, 0.29) is 17.5 Å². The smallest absolute Gasteiger partial charge is 0.275 e. The van der Waals surface area contributed by atoms with Crippen molar-refractivity contribution in [2.45, 2.75) is 37.6 Å². The molecule has 0 aliphatic rings. The van der Waals surface area contributed by atoms with E-state index in [0.717, 1.165) is 11.3 Å². The van der Waals surface area contributed by atoms with Crippen molar-refractivity contribution in [2.75, 3.05) is 11.1 Å². The molecule has 1 aromatic heterocycles. The van der Waals surface area contributed by atoms with Crippen molar-refractivity contribution in [1.29, 1.82) is 0 Å². The maximum Gasteiger partial charge on any atom is 0.275 e. The minimum atomic E-state index is -0.503. The van der Waals surface area contributed by atoms with Crippen LogP contribution in [0.15, 0.2) is 64.5 Å². The van der Waals surface area contributed by atoms with Crippen molar-refractivity contribution in [3.05, 3.63) is 76.1 Å². The van der Waals surface area contributed by atoms with Gasteiger partial charge in [0.2, 0.25) is 5.91 Å². The van der Waals surface area contributed by atoms with Crippen LogP contribution >= 0.6 is 11.8 Å². The third-order valence-corrected chi connectivity index (χ3v) is 5.97. The van der Waals surface area contributed by atoms with Gasteiger partial charge < -0.3 is 11.1 Å². The molecule has 0 saturated heterocycles. The molecule has 1 atom stereocenters. The van der Waals surface area contributed by atoms with Crippen LogP contribution in [0.25, 0.3) is 5.69 Å². The number of anilines is 2. The van der Waals surface area contributed by atoms with Crippen LogP contribution < -0.4 is 16.6 Å². The molecule has 0 aliphatic heterocycles. The summed E-state index contributed by atoms with van der Waals surface area (Å²) in [6.45, 7) is 5.34. The molecule has 1 unspecified atom stereocenters. The van der Waals surface area contributed by atoms with Crippen molar-refractivity contribution >= 4 is 35.0 Å². The average molecular weight is 437 g/mol. The molecule has 0 aliphatic carbocycles. The Labute approximate surface area is 184 Å². The number of aryl methyl sites for hydroxylation is 1. The predicted molar refractivity (Wildman–Crippen MR) is 124 cm³/mol. The number of rotatable bonds is 7. The highest BCUT2D eigenvalue weighted by Crippen LogP contribution is 2.28. The van der Waals surface area contributed by atoms with Gasteiger partial charge in [-0.3, -0.25) is 19.0 Å². The number of carbonyl (C=O) groups excluding carboxylic acids is 2. The molecular formula is C23H24N4O3S. The molecule has 0 bridgehead atoms. The molecule has 0 fully saturated rings. The van der Waals surface area contributed by atoms with Gasteiger partial charge in [-0.25, -0.2) is 0 Å². The molecule has 3 rings (SSSR count). The van der Waals surface area contributed by atoms with Crippen LogP contribution in [0.2, 0.25) is 0 Å². The number of nitrogens with two attached hydrogens (primary N) is 1. The maximum atomic E-state index is 12.9. The summed E-state index contributed by atoms with van der Waals surface area (Å²) in [7, 11) is 0. The summed E-state index contributed by atoms with van der Waals surface area (Å²) in [5.74, 6) is -0.0135. The second-order valence-electron chi connectivity index (χ2n) is 7.11. The summed E-state index contributed by atoms with van der Waals surface area (Å²) >= 11 is 1.19. The van der Waals surface area contributed by atoms with Gasteiger partial charge in [-0.05, 0) is 62.2 Å². The number of Topliss-reactive ketones (excluding diaryl/α,β-unsaturated/α-hetero) is 1. The Morgan fingerprint density at radius 2 is 1.87 bits per heavy atom. The highest BCUT2D eigenvalue weighted by Gasteiger charge is 2.22. The summed E-state index contributed by atoms with van der Waals surface area (Å²) in [4.78, 5) is 40.5. The van der Waals surface area contributed by atoms with Crippen LogP contribution in [0.4, 0.5) is 11.5 Å². The summed E-state index contributed by atoms with van der Waals surface area (Å²) < 4.78 is 1.68. The zero-order valence-corrected chi connectivity index (χ0v) is 18.4. The van der Waals surface area contributed by atoms with Gasteiger partial charge in [-0.15, -0.1) is 0 Å². The highest BCUT2D eigenvalue weighted by atomic mass is 32.2. The summed E-state index contributed by atoms with van der Waals surface area (Å²) in [5, 5.41) is 2.71. The topological polar surface area (TPSA) is 107 Å². The van der Waals surface area contributed by atoms with E-state index in [0.29, 0.717) is 22.8 Å². The first-order valence-electron chi connectivity index (χ1n) is 9.83. The fourth-order valence-electron chi connectivity index (χ4n) is 3.04. The van der Waals surface area contributed by atoms with E-state index in [1.807, 2.05) is 38.1 Å². The van der Waals surface area contributed by atoms with E-state index in [4.69, 9.17) is 5.73 Å². The van der Waals surface area contributed by atoms with Crippen LogP contribution in [0.5, 0.6) is 0 Å². The Bertz CT molecular complexity index is 1170. The Balaban J connectivity index is 1.88. The lowest BCUT2D eigenvalue weighted by atomic mass is 10.1. The monoisotopic (exact) mass is 436 g/mol. The van der Waals surface area contributed by atoms with Gasteiger partial charge in [0.15, 0.2) is 10.9 Å². The van der Waals surface area contributed by atoms with Crippen LogP contribution in [-0.2, 0) is 4.79 Å². The Hall–Kier alpha value is -3.39. The van der Waals surface area contributed by atoms with Crippen molar-refractivity contribution in [3.63, 3.8) is 0 Å². The molecule has 0 saturated carbocycles. The second-order valence-corrected chi connectivity index (χ2v) is 8.28. The number of hydrogen-bond acceptors (Lipinski definition) is 6. The van der Waals surface area contributed by atoms with Gasteiger partial charge in [-0.1, -0.05) is 30.8 Å². The number of nitrogens with zero attached hydrogens (tertiary/aromatic N) is 2. The van der Waals surface area contributed by atoms with Crippen molar-refractivity contribution in [2.24, 2.45) is 0 Å². The highest BCUT2D eigenvalue weighted by molar-refractivity contribution is 8.00. The third-order valence-electron chi connectivity index (χ3n) is 4.66. The van der Waals surface area contributed by atoms with Crippen LogP contribution in [-0.4, -0.2) is 26.5 Å². The third kappa shape index (κ3) is 5.40. The van der Waals surface area contributed by atoms with E-state index in [2.05, 4.69) is 10.3 Å². The van der Waals surface area contributed by atoms with Crippen LogP contribution in [0.3, 0.4) is 0 Å². The minimum absolute atomic E-state index is 0.0401. The summed E-state index contributed by atoms with van der Waals surface area (Å²) in [6, 6.07) is 15.6.